The van der Waals surface area contributed by atoms with Crippen LogP contribution in [0.2, 0.25) is 0 Å². The van der Waals surface area contributed by atoms with Crippen molar-refractivity contribution < 1.29 is 9.53 Å². The average Bonchev–Trinajstić information content (AvgIpc) is 3.35. The van der Waals surface area contributed by atoms with Gasteiger partial charge in [0.25, 0.3) is 5.91 Å². The van der Waals surface area contributed by atoms with Crippen molar-refractivity contribution in [3.63, 3.8) is 0 Å². The number of hydrogen-bond donors (Lipinski definition) is 1. The van der Waals surface area contributed by atoms with Gasteiger partial charge in [-0.1, -0.05) is 60.7 Å². The molecule has 1 amide bonds. The molecule has 0 spiro atoms. The molecule has 0 aromatic heterocycles. The number of carbonyl (C=O) groups excluding carboxylic acids is 1. The van der Waals surface area contributed by atoms with E-state index in [9.17, 15) is 4.79 Å². The lowest BCUT2D eigenvalue weighted by Gasteiger charge is -2.51. The maximum absolute atomic E-state index is 12.9. The summed E-state index contributed by atoms with van der Waals surface area (Å²) in [7, 11) is 0. The Morgan fingerprint density at radius 2 is 1.67 bits per heavy atom. The van der Waals surface area contributed by atoms with Crippen molar-refractivity contribution in [3.05, 3.63) is 71.8 Å². The molecule has 5 nitrogen and oxygen atoms in total. The van der Waals surface area contributed by atoms with E-state index in [0.29, 0.717) is 18.0 Å². The Hall–Kier alpha value is -2.21. The maximum atomic E-state index is 12.9. The van der Waals surface area contributed by atoms with E-state index in [2.05, 4.69) is 70.9 Å². The number of benzene rings is 2. The molecule has 0 bridgehead atoms. The fourth-order valence-electron chi connectivity index (χ4n) is 5.45. The summed E-state index contributed by atoms with van der Waals surface area (Å²) in [6.45, 7) is 5.12. The zero-order valence-corrected chi connectivity index (χ0v) is 17.5. The van der Waals surface area contributed by atoms with E-state index < -0.39 is 0 Å². The van der Waals surface area contributed by atoms with E-state index in [1.807, 2.05) is 4.90 Å². The average molecular weight is 406 g/mol. The van der Waals surface area contributed by atoms with Gasteiger partial charge >= 0.3 is 0 Å². The summed E-state index contributed by atoms with van der Waals surface area (Å²) in [6.07, 6.45) is 1.65. The van der Waals surface area contributed by atoms with Crippen LogP contribution in [0.1, 0.15) is 29.9 Å². The molecule has 0 radical (unpaired) electrons. The summed E-state index contributed by atoms with van der Waals surface area (Å²) in [6, 6.07) is 22.4. The minimum absolute atomic E-state index is 0.192. The van der Waals surface area contributed by atoms with E-state index in [-0.39, 0.29) is 12.0 Å². The second-order valence-corrected chi connectivity index (χ2v) is 8.70. The zero-order chi connectivity index (χ0) is 20.3. The van der Waals surface area contributed by atoms with E-state index in [0.717, 1.165) is 52.2 Å². The lowest BCUT2D eigenvalue weighted by molar-refractivity contribution is -0.145. The van der Waals surface area contributed by atoms with Gasteiger partial charge in [0, 0.05) is 57.3 Å². The van der Waals surface area contributed by atoms with Crippen LogP contribution in [-0.4, -0.2) is 73.2 Å². The summed E-state index contributed by atoms with van der Waals surface area (Å²) in [5.74, 6) is 0.500. The Labute approximate surface area is 179 Å². The van der Waals surface area contributed by atoms with Crippen LogP contribution >= 0.6 is 0 Å². The van der Waals surface area contributed by atoms with Gasteiger partial charge < -0.3 is 15.0 Å². The third-order valence-corrected chi connectivity index (χ3v) is 6.91. The molecule has 3 fully saturated rings. The highest BCUT2D eigenvalue weighted by atomic mass is 16.5. The van der Waals surface area contributed by atoms with E-state index in [4.69, 9.17) is 4.74 Å². The SMILES string of the molecule is O=C([C@H]1CCCO1)N1CCN2C(C(c3ccccc3)c3ccccc3)CNC[C@@H]2C1. The van der Waals surface area contributed by atoms with Gasteiger partial charge in [-0.25, -0.2) is 0 Å². The molecule has 5 rings (SSSR count). The number of rotatable bonds is 4. The van der Waals surface area contributed by atoms with Gasteiger partial charge in [0.05, 0.1) is 0 Å². The molecule has 3 aliphatic heterocycles. The molecule has 5 heteroatoms. The third-order valence-electron chi connectivity index (χ3n) is 6.91. The lowest BCUT2D eigenvalue weighted by atomic mass is 9.82. The highest BCUT2D eigenvalue weighted by Crippen LogP contribution is 2.34. The van der Waals surface area contributed by atoms with Crippen molar-refractivity contribution in [2.24, 2.45) is 0 Å². The summed E-state index contributed by atoms with van der Waals surface area (Å²) in [4.78, 5) is 17.6. The van der Waals surface area contributed by atoms with Gasteiger partial charge in [0.1, 0.15) is 6.10 Å². The van der Waals surface area contributed by atoms with Crippen LogP contribution in [0.3, 0.4) is 0 Å². The smallest absolute Gasteiger partial charge is 0.251 e. The van der Waals surface area contributed by atoms with Crippen LogP contribution in [0.5, 0.6) is 0 Å². The van der Waals surface area contributed by atoms with Crippen molar-refractivity contribution in [2.45, 2.75) is 36.9 Å². The fraction of sp³-hybridized carbons (Fsp3) is 0.480. The zero-order valence-electron chi connectivity index (χ0n) is 17.5. The predicted octanol–water partition coefficient (Wildman–Crippen LogP) is 2.48. The first-order valence-electron chi connectivity index (χ1n) is 11.3. The fourth-order valence-corrected chi connectivity index (χ4v) is 5.45. The first-order valence-corrected chi connectivity index (χ1v) is 11.3. The molecule has 3 atom stereocenters. The second kappa shape index (κ2) is 8.88. The molecule has 2 aromatic carbocycles. The van der Waals surface area contributed by atoms with Crippen LogP contribution in [0.15, 0.2) is 60.7 Å². The number of hydrogen-bond acceptors (Lipinski definition) is 4. The Morgan fingerprint density at radius 1 is 0.967 bits per heavy atom. The highest BCUT2D eigenvalue weighted by Gasteiger charge is 2.41. The summed E-state index contributed by atoms with van der Waals surface area (Å²) in [5, 5.41) is 3.67. The first-order chi connectivity index (χ1) is 14.8. The summed E-state index contributed by atoms with van der Waals surface area (Å²) < 4.78 is 5.66. The van der Waals surface area contributed by atoms with Crippen molar-refractivity contribution in [2.75, 3.05) is 39.3 Å². The van der Waals surface area contributed by atoms with Crippen molar-refractivity contribution >= 4 is 5.91 Å². The van der Waals surface area contributed by atoms with Crippen LogP contribution in [-0.2, 0) is 9.53 Å². The molecule has 30 heavy (non-hydrogen) atoms. The van der Waals surface area contributed by atoms with Gasteiger partial charge in [0.2, 0.25) is 0 Å². The molecular weight excluding hydrogens is 374 g/mol. The Bertz CT molecular complexity index is 798. The van der Waals surface area contributed by atoms with Crippen molar-refractivity contribution in [1.29, 1.82) is 0 Å². The molecule has 0 saturated carbocycles. The number of nitrogens with zero attached hydrogens (tertiary/aromatic N) is 2. The predicted molar refractivity (Wildman–Crippen MR) is 117 cm³/mol. The number of carbonyl (C=O) groups is 1. The minimum Gasteiger partial charge on any atom is -0.368 e. The number of amides is 1. The largest absolute Gasteiger partial charge is 0.368 e. The Balaban J connectivity index is 1.38. The Morgan fingerprint density at radius 3 is 2.30 bits per heavy atom. The van der Waals surface area contributed by atoms with Crippen LogP contribution < -0.4 is 5.32 Å². The number of ether oxygens (including phenoxy) is 1. The minimum atomic E-state index is -0.217. The number of nitrogens with one attached hydrogen (secondary N) is 1. The van der Waals surface area contributed by atoms with E-state index in [1.54, 1.807) is 0 Å². The van der Waals surface area contributed by atoms with Gasteiger partial charge in [-0.05, 0) is 24.0 Å². The Kier molecular flexibility index (Phi) is 5.84. The molecule has 3 saturated heterocycles. The van der Waals surface area contributed by atoms with Crippen molar-refractivity contribution in [3.8, 4) is 0 Å². The molecular formula is C25H31N3O2. The highest BCUT2D eigenvalue weighted by molar-refractivity contribution is 5.81. The third kappa shape index (κ3) is 3.89. The normalized spacial score (nSPS) is 27.2. The van der Waals surface area contributed by atoms with Gasteiger partial charge in [-0.15, -0.1) is 0 Å². The van der Waals surface area contributed by atoms with E-state index >= 15 is 0 Å². The molecule has 3 aliphatic rings. The molecule has 3 heterocycles. The van der Waals surface area contributed by atoms with Gasteiger partial charge in [0.15, 0.2) is 0 Å². The summed E-state index contributed by atoms with van der Waals surface area (Å²) >= 11 is 0. The second-order valence-electron chi connectivity index (χ2n) is 8.70. The van der Waals surface area contributed by atoms with Crippen molar-refractivity contribution in [1.82, 2.24) is 15.1 Å². The lowest BCUT2D eigenvalue weighted by Crippen LogP contribution is -2.67. The van der Waals surface area contributed by atoms with E-state index in [1.165, 1.54) is 11.1 Å². The molecule has 0 aliphatic carbocycles. The number of piperazine rings is 2. The number of fused-ring (bicyclic) bond motifs is 1. The van der Waals surface area contributed by atoms with Gasteiger partial charge in [-0.2, -0.15) is 0 Å². The standard InChI is InChI=1S/C25H31N3O2/c29-25(23-12-7-15-30-23)27-13-14-28-21(18-27)16-26-17-22(28)24(19-8-3-1-4-9-19)20-10-5-2-6-11-20/h1-6,8-11,21-24,26H,7,12-18H2/t21-,22?,23-/m1/s1. The monoisotopic (exact) mass is 405 g/mol. The molecule has 1 N–H and O–H groups in total. The quantitative estimate of drug-likeness (QED) is 0.849. The first kappa shape index (κ1) is 19.7. The maximum Gasteiger partial charge on any atom is 0.251 e. The van der Waals surface area contributed by atoms with Crippen LogP contribution in [0.25, 0.3) is 0 Å². The van der Waals surface area contributed by atoms with Gasteiger partial charge in [-0.3, -0.25) is 9.69 Å². The topological polar surface area (TPSA) is 44.8 Å². The summed E-state index contributed by atoms with van der Waals surface area (Å²) in [5.41, 5.74) is 2.71. The molecule has 158 valence electrons. The molecule has 2 aromatic rings. The molecule has 1 unspecified atom stereocenters. The van der Waals surface area contributed by atoms with Crippen LogP contribution in [0, 0.1) is 0 Å². The van der Waals surface area contributed by atoms with Crippen LogP contribution in [0.4, 0.5) is 0 Å².